The predicted molar refractivity (Wildman–Crippen MR) is 259 cm³/mol. The first-order chi connectivity index (χ1) is 32.9. The van der Waals surface area contributed by atoms with E-state index < -0.39 is 108 Å². The van der Waals surface area contributed by atoms with Crippen LogP contribution in [0.5, 0.6) is 5.75 Å². The van der Waals surface area contributed by atoms with Crippen LogP contribution in [-0.4, -0.2) is 140 Å². The van der Waals surface area contributed by atoms with Gasteiger partial charge in [0.2, 0.25) is 47.3 Å². The van der Waals surface area contributed by atoms with Crippen molar-refractivity contribution in [3.05, 3.63) is 48.0 Å². The van der Waals surface area contributed by atoms with Crippen molar-refractivity contribution >= 4 is 71.8 Å². The van der Waals surface area contributed by atoms with E-state index in [-0.39, 0.29) is 74.4 Å². The molecule has 26 heteroatoms. The van der Waals surface area contributed by atoms with Crippen LogP contribution >= 0.6 is 12.6 Å². The first kappa shape index (κ1) is 59.2. The summed E-state index contributed by atoms with van der Waals surface area (Å²) in [6, 6.07) is -4.81. The van der Waals surface area contributed by atoms with E-state index in [4.69, 9.17) is 22.6 Å². The standard InChI is InChI=1S/C44H70N14O11S/c1-22(2)15-28(45)37(62)58-34(20-70)42(67)53-29(7-6-14-50-44(47)48)38(63)54-30(12-13-35(46)60)39(64)55-31(16-23(3)4)41(66)56-32(18-26-19-49-21-51-26)40(65)52-24(5)36(61)57-33(43(68)69)17-25-8-10-27(59)11-9-25/h8-11,19,21-24,28-34,59,70H,6-7,12-18,20,45H2,1-5H3,(H2,46,60)(H,49,51)(H,52,65)(H,53,67)(H,54,63)(H,55,64)(H,56,66)(H,57,61)(H,58,62)(H,68,69)(H4,47,48,50)/t24-,28-,29-,30-,31-,32-,33-,34-/m0/s1. The number of carboxylic acid groups (broad SMARTS) is 1. The smallest absolute Gasteiger partial charge is 0.326 e. The molecule has 18 N–H and O–H groups in total. The Balaban J connectivity index is 2.35. The maximum Gasteiger partial charge on any atom is 0.326 e. The lowest BCUT2D eigenvalue weighted by Gasteiger charge is -2.28. The van der Waals surface area contributed by atoms with E-state index in [2.05, 4.69) is 65.1 Å². The van der Waals surface area contributed by atoms with E-state index in [1.807, 2.05) is 13.8 Å². The van der Waals surface area contributed by atoms with Crippen molar-refractivity contribution in [2.75, 3.05) is 12.3 Å². The highest BCUT2D eigenvalue weighted by Gasteiger charge is 2.34. The Kier molecular flexibility index (Phi) is 25.2. The molecule has 70 heavy (non-hydrogen) atoms. The molecule has 8 atom stereocenters. The molecular formula is C44H70N14O11S. The Labute approximate surface area is 411 Å². The van der Waals surface area contributed by atoms with Crippen molar-refractivity contribution in [3.63, 3.8) is 0 Å². The van der Waals surface area contributed by atoms with Crippen molar-refractivity contribution in [1.82, 2.24) is 52.5 Å². The minimum atomic E-state index is -1.52. The quantitative estimate of drug-likeness (QED) is 0.0158. The van der Waals surface area contributed by atoms with Crippen LogP contribution in [0.15, 0.2) is 36.8 Å². The third-order valence-corrected chi connectivity index (χ3v) is 10.9. The van der Waals surface area contributed by atoms with Gasteiger partial charge in [0, 0.05) is 37.8 Å². The number of aromatic amines is 1. The molecule has 0 saturated carbocycles. The number of aliphatic carboxylic acids is 1. The molecule has 0 aliphatic carbocycles. The topological polar surface area (TPSA) is 421 Å². The molecule has 2 aromatic rings. The van der Waals surface area contributed by atoms with Crippen LogP contribution in [0.4, 0.5) is 0 Å². The number of nitrogens with zero attached hydrogens (tertiary/aromatic N) is 1. The monoisotopic (exact) mass is 1000 g/mol. The largest absolute Gasteiger partial charge is 0.508 e. The molecule has 1 aromatic carbocycles. The fraction of sp³-hybridized carbons (Fsp3) is 0.568. The van der Waals surface area contributed by atoms with Gasteiger partial charge in [-0.2, -0.15) is 12.6 Å². The number of guanidine groups is 1. The molecule has 0 radical (unpaired) electrons. The molecule has 388 valence electrons. The average Bonchev–Trinajstić information content (AvgIpc) is 3.80. The Morgan fingerprint density at radius 3 is 1.71 bits per heavy atom. The number of phenolic OH excluding ortho intramolecular Hbond substituents is 1. The maximum absolute atomic E-state index is 14.1. The number of hydrogen-bond acceptors (Lipinski definition) is 14. The summed E-state index contributed by atoms with van der Waals surface area (Å²) in [5, 5.41) is 47.2. The Hall–Kier alpha value is -6.96. The van der Waals surface area contributed by atoms with Gasteiger partial charge in [0.25, 0.3) is 0 Å². The fourth-order valence-corrected chi connectivity index (χ4v) is 7.06. The van der Waals surface area contributed by atoms with E-state index in [0.29, 0.717) is 17.7 Å². The number of imidazole rings is 1. The lowest BCUT2D eigenvalue weighted by Crippen LogP contribution is -2.60. The molecule has 0 spiro atoms. The summed E-state index contributed by atoms with van der Waals surface area (Å²) < 4.78 is 0. The van der Waals surface area contributed by atoms with E-state index in [9.17, 15) is 53.4 Å². The van der Waals surface area contributed by atoms with Crippen LogP contribution in [0.2, 0.25) is 0 Å². The number of carboxylic acids is 1. The van der Waals surface area contributed by atoms with E-state index in [1.54, 1.807) is 13.8 Å². The van der Waals surface area contributed by atoms with Crippen molar-refractivity contribution < 1.29 is 53.4 Å². The molecule has 0 bridgehead atoms. The number of thiol groups is 1. The molecule has 2 rings (SSSR count). The summed E-state index contributed by atoms with van der Waals surface area (Å²) in [6.07, 6.45) is 2.15. The minimum absolute atomic E-state index is 0.000707. The number of rotatable bonds is 31. The van der Waals surface area contributed by atoms with E-state index in [1.165, 1.54) is 43.7 Å². The SMILES string of the molecule is CC(C)C[C@H](NC(=O)[C@H](CCC(N)=O)NC(=O)[C@H](CCCNC(=N)N)NC(=O)[C@H](CS)NC(=O)[C@@H](N)CC(C)C)C(=O)N[C@@H](Cc1c[nH]cn1)C(=O)N[C@@H](C)C(=O)N[C@@H](Cc1ccc(O)cc1)C(=O)O. The summed E-state index contributed by atoms with van der Waals surface area (Å²) in [7, 11) is 0. The molecule has 0 aliphatic rings. The van der Waals surface area contributed by atoms with Gasteiger partial charge >= 0.3 is 5.97 Å². The summed E-state index contributed by atoms with van der Waals surface area (Å²) in [4.78, 5) is 126. The predicted octanol–water partition coefficient (Wildman–Crippen LogP) is -2.72. The van der Waals surface area contributed by atoms with Crippen LogP contribution in [0.25, 0.3) is 0 Å². The minimum Gasteiger partial charge on any atom is -0.508 e. The first-order valence-corrected chi connectivity index (χ1v) is 23.4. The number of hydrogen-bond donors (Lipinski definition) is 16. The van der Waals surface area contributed by atoms with E-state index in [0.717, 1.165) is 0 Å². The van der Waals surface area contributed by atoms with E-state index >= 15 is 0 Å². The van der Waals surface area contributed by atoms with Gasteiger partial charge in [-0.25, -0.2) is 9.78 Å². The summed E-state index contributed by atoms with van der Waals surface area (Å²) in [6.45, 7) is 8.68. The highest BCUT2D eigenvalue weighted by molar-refractivity contribution is 7.80. The van der Waals surface area contributed by atoms with Crippen molar-refractivity contribution in [2.45, 2.75) is 134 Å². The fourth-order valence-electron chi connectivity index (χ4n) is 6.80. The molecule has 25 nitrogen and oxygen atoms in total. The van der Waals surface area contributed by atoms with Gasteiger partial charge in [0.05, 0.1) is 18.1 Å². The normalized spacial score (nSPS) is 14.5. The number of carbonyl (C=O) groups is 9. The van der Waals surface area contributed by atoms with Crippen LogP contribution in [0.1, 0.15) is 84.4 Å². The highest BCUT2D eigenvalue weighted by atomic mass is 32.1. The lowest BCUT2D eigenvalue weighted by molar-refractivity contribution is -0.142. The first-order valence-electron chi connectivity index (χ1n) is 22.7. The summed E-state index contributed by atoms with van der Waals surface area (Å²) >= 11 is 4.20. The van der Waals surface area contributed by atoms with Gasteiger partial charge in [-0.05, 0) is 68.6 Å². The number of aromatic hydroxyl groups is 1. The van der Waals surface area contributed by atoms with Gasteiger partial charge in [-0.1, -0.05) is 39.8 Å². The van der Waals surface area contributed by atoms with Crippen LogP contribution in [0.3, 0.4) is 0 Å². The zero-order valence-electron chi connectivity index (χ0n) is 40.0. The number of H-pyrrole nitrogens is 1. The second-order valence-corrected chi connectivity index (χ2v) is 18.0. The molecule has 8 amide bonds. The van der Waals surface area contributed by atoms with Gasteiger partial charge in [-0.3, -0.25) is 43.8 Å². The summed E-state index contributed by atoms with van der Waals surface area (Å²) in [5.74, 6) is -8.72. The zero-order valence-corrected chi connectivity index (χ0v) is 40.9. The Morgan fingerprint density at radius 1 is 0.671 bits per heavy atom. The Morgan fingerprint density at radius 2 is 1.19 bits per heavy atom. The lowest BCUT2D eigenvalue weighted by atomic mass is 10.0. The van der Waals surface area contributed by atoms with Crippen LogP contribution in [-0.2, 0) is 56.0 Å². The number of benzene rings is 1. The van der Waals surface area contributed by atoms with Gasteiger partial charge < -0.3 is 74.9 Å². The third-order valence-electron chi connectivity index (χ3n) is 10.5. The molecule has 1 heterocycles. The number of carbonyl (C=O) groups excluding carboxylic acids is 8. The number of primary amides is 1. The van der Waals surface area contributed by atoms with Crippen LogP contribution < -0.4 is 59.7 Å². The van der Waals surface area contributed by atoms with Gasteiger partial charge in [-0.15, -0.1) is 0 Å². The number of phenols is 1. The zero-order chi connectivity index (χ0) is 52.7. The molecule has 0 saturated heterocycles. The van der Waals surface area contributed by atoms with Crippen LogP contribution in [0, 0.1) is 17.2 Å². The van der Waals surface area contributed by atoms with Gasteiger partial charge in [0.1, 0.15) is 48.0 Å². The number of nitrogens with two attached hydrogens (primary N) is 3. The summed E-state index contributed by atoms with van der Waals surface area (Å²) in [5.41, 5.74) is 17.7. The van der Waals surface area contributed by atoms with Crippen molar-refractivity contribution in [3.8, 4) is 5.75 Å². The highest BCUT2D eigenvalue weighted by Crippen LogP contribution is 2.13. The molecule has 0 aliphatic heterocycles. The molecule has 0 unspecified atom stereocenters. The van der Waals surface area contributed by atoms with Crippen molar-refractivity contribution in [2.24, 2.45) is 29.0 Å². The third kappa shape index (κ3) is 22.0. The maximum atomic E-state index is 14.1. The molecular weight excluding hydrogens is 933 g/mol. The second kappa shape index (κ2) is 29.8. The Bertz CT molecular complexity index is 2090. The van der Waals surface area contributed by atoms with Crippen molar-refractivity contribution in [1.29, 1.82) is 5.41 Å². The molecule has 1 aromatic heterocycles. The number of amides is 8. The van der Waals surface area contributed by atoms with Gasteiger partial charge in [0.15, 0.2) is 5.96 Å². The molecule has 0 fully saturated rings. The number of nitrogens with one attached hydrogen (secondary N) is 10. The average molecular weight is 1000 g/mol. The second-order valence-electron chi connectivity index (χ2n) is 17.6. The number of aromatic nitrogens is 2.